The highest BCUT2D eigenvalue weighted by Gasteiger charge is 2.43. The van der Waals surface area contributed by atoms with Gasteiger partial charge in [0.05, 0.1) is 0 Å². The van der Waals surface area contributed by atoms with Crippen molar-refractivity contribution in [2.75, 3.05) is 0 Å². The second kappa shape index (κ2) is 3.31. The van der Waals surface area contributed by atoms with Crippen LogP contribution < -0.4 is 0 Å². The zero-order valence-corrected chi connectivity index (χ0v) is 8.89. The smallest absolute Gasteiger partial charge is 0.150 e. The van der Waals surface area contributed by atoms with Gasteiger partial charge in [0.15, 0.2) is 11.6 Å². The molecule has 0 bridgehead atoms. The SMILES string of the molecule is CC1(c2ccsc2)C(=O)CCCC1=O. The highest BCUT2D eigenvalue weighted by molar-refractivity contribution is 7.08. The molecular formula is C11H12O2S. The zero-order valence-electron chi connectivity index (χ0n) is 8.08. The third-order valence-electron chi connectivity index (χ3n) is 3.02. The second-order valence-corrected chi connectivity index (χ2v) is 4.62. The molecule has 0 saturated heterocycles. The summed E-state index contributed by atoms with van der Waals surface area (Å²) in [6, 6.07) is 1.88. The minimum Gasteiger partial charge on any atom is -0.298 e. The maximum atomic E-state index is 11.8. The van der Waals surface area contributed by atoms with E-state index in [-0.39, 0.29) is 11.6 Å². The third kappa shape index (κ3) is 1.23. The topological polar surface area (TPSA) is 34.1 Å². The van der Waals surface area contributed by atoms with Crippen molar-refractivity contribution in [1.82, 2.24) is 0 Å². The van der Waals surface area contributed by atoms with Gasteiger partial charge in [-0.15, -0.1) is 0 Å². The summed E-state index contributed by atoms with van der Waals surface area (Å²) in [6.45, 7) is 1.76. The van der Waals surface area contributed by atoms with E-state index in [4.69, 9.17) is 0 Å². The fourth-order valence-corrected chi connectivity index (χ4v) is 2.70. The van der Waals surface area contributed by atoms with Gasteiger partial charge in [0.2, 0.25) is 0 Å². The van der Waals surface area contributed by atoms with Crippen LogP contribution in [0.1, 0.15) is 31.7 Å². The van der Waals surface area contributed by atoms with Gasteiger partial charge in [-0.05, 0) is 35.7 Å². The Morgan fingerprint density at radius 1 is 1.29 bits per heavy atom. The summed E-state index contributed by atoms with van der Waals surface area (Å²) >= 11 is 1.53. The minimum absolute atomic E-state index is 0.0761. The summed E-state index contributed by atoms with van der Waals surface area (Å²) in [6.07, 6.45) is 1.80. The molecule has 0 amide bonds. The highest BCUT2D eigenvalue weighted by atomic mass is 32.1. The number of carbonyl (C=O) groups is 2. The van der Waals surface area contributed by atoms with Crippen molar-refractivity contribution in [1.29, 1.82) is 0 Å². The number of hydrogen-bond donors (Lipinski definition) is 0. The van der Waals surface area contributed by atoms with Crippen LogP contribution >= 0.6 is 11.3 Å². The molecule has 1 saturated carbocycles. The molecular weight excluding hydrogens is 196 g/mol. The molecule has 2 rings (SSSR count). The van der Waals surface area contributed by atoms with E-state index in [1.807, 2.05) is 16.8 Å². The molecule has 1 heterocycles. The Bertz CT molecular complexity index is 349. The lowest BCUT2D eigenvalue weighted by Gasteiger charge is -2.29. The standard InChI is InChI=1S/C11H12O2S/c1-11(8-5-6-14-7-8)9(12)3-2-4-10(11)13/h5-7H,2-4H2,1H3. The quantitative estimate of drug-likeness (QED) is 0.664. The lowest BCUT2D eigenvalue weighted by atomic mass is 9.70. The Hall–Kier alpha value is -0.960. The lowest BCUT2D eigenvalue weighted by molar-refractivity contribution is -0.137. The van der Waals surface area contributed by atoms with Crippen LogP contribution in [0, 0.1) is 0 Å². The lowest BCUT2D eigenvalue weighted by Crippen LogP contribution is -2.43. The van der Waals surface area contributed by atoms with E-state index >= 15 is 0 Å². The molecule has 0 radical (unpaired) electrons. The van der Waals surface area contributed by atoms with E-state index < -0.39 is 5.41 Å². The molecule has 1 aliphatic carbocycles. The van der Waals surface area contributed by atoms with Crippen LogP contribution in [-0.4, -0.2) is 11.6 Å². The maximum Gasteiger partial charge on any atom is 0.150 e. The van der Waals surface area contributed by atoms with Crippen molar-refractivity contribution >= 4 is 22.9 Å². The van der Waals surface area contributed by atoms with Crippen LogP contribution in [0.15, 0.2) is 16.8 Å². The van der Waals surface area contributed by atoms with Gasteiger partial charge >= 0.3 is 0 Å². The normalized spacial score (nSPS) is 21.2. The van der Waals surface area contributed by atoms with E-state index in [9.17, 15) is 9.59 Å². The Morgan fingerprint density at radius 3 is 2.43 bits per heavy atom. The third-order valence-corrected chi connectivity index (χ3v) is 3.70. The van der Waals surface area contributed by atoms with Crippen molar-refractivity contribution in [3.05, 3.63) is 22.4 Å². The molecule has 1 fully saturated rings. The van der Waals surface area contributed by atoms with Crippen LogP contribution in [0.2, 0.25) is 0 Å². The zero-order chi connectivity index (χ0) is 10.2. The first-order valence-corrected chi connectivity index (χ1v) is 5.69. The van der Waals surface area contributed by atoms with Crippen molar-refractivity contribution in [3.63, 3.8) is 0 Å². The summed E-state index contributed by atoms with van der Waals surface area (Å²) in [5.41, 5.74) is 0.0234. The summed E-state index contributed by atoms with van der Waals surface area (Å²) in [5, 5.41) is 3.82. The van der Waals surface area contributed by atoms with Crippen molar-refractivity contribution in [3.8, 4) is 0 Å². The molecule has 0 unspecified atom stereocenters. The molecule has 3 heteroatoms. The Balaban J connectivity index is 2.46. The van der Waals surface area contributed by atoms with Crippen LogP contribution in [0.5, 0.6) is 0 Å². The summed E-state index contributed by atoms with van der Waals surface area (Å²) < 4.78 is 0. The van der Waals surface area contributed by atoms with Crippen LogP contribution in [-0.2, 0) is 15.0 Å². The van der Waals surface area contributed by atoms with Crippen LogP contribution in [0.3, 0.4) is 0 Å². The second-order valence-electron chi connectivity index (χ2n) is 3.84. The largest absolute Gasteiger partial charge is 0.298 e. The van der Waals surface area contributed by atoms with Gasteiger partial charge in [0.25, 0.3) is 0 Å². The number of rotatable bonds is 1. The van der Waals surface area contributed by atoms with E-state index in [2.05, 4.69) is 0 Å². The molecule has 1 aromatic rings. The predicted octanol–water partition coefficient (Wildman–Crippen LogP) is 2.33. The summed E-state index contributed by atoms with van der Waals surface area (Å²) in [4.78, 5) is 23.6. The van der Waals surface area contributed by atoms with Crippen molar-refractivity contribution in [2.45, 2.75) is 31.6 Å². The molecule has 0 aromatic carbocycles. The molecule has 14 heavy (non-hydrogen) atoms. The van der Waals surface area contributed by atoms with Crippen molar-refractivity contribution < 1.29 is 9.59 Å². The van der Waals surface area contributed by atoms with E-state index in [1.54, 1.807) is 6.92 Å². The molecule has 1 aliphatic rings. The average molecular weight is 208 g/mol. The fourth-order valence-electron chi connectivity index (χ4n) is 1.94. The van der Waals surface area contributed by atoms with Gasteiger partial charge in [0, 0.05) is 12.8 Å². The van der Waals surface area contributed by atoms with Crippen LogP contribution in [0.25, 0.3) is 0 Å². The van der Waals surface area contributed by atoms with Gasteiger partial charge in [-0.1, -0.05) is 0 Å². The molecule has 74 valence electrons. The van der Waals surface area contributed by atoms with Gasteiger partial charge in [0.1, 0.15) is 5.41 Å². The number of carbonyl (C=O) groups excluding carboxylic acids is 2. The first-order valence-electron chi connectivity index (χ1n) is 4.75. The van der Waals surface area contributed by atoms with E-state index in [0.29, 0.717) is 12.8 Å². The van der Waals surface area contributed by atoms with E-state index in [1.165, 1.54) is 11.3 Å². The molecule has 0 spiro atoms. The highest BCUT2D eigenvalue weighted by Crippen LogP contribution is 2.34. The Labute approximate surface area is 86.9 Å². The Morgan fingerprint density at radius 2 is 1.93 bits per heavy atom. The summed E-state index contributed by atoms with van der Waals surface area (Å²) in [5.74, 6) is 0.152. The van der Waals surface area contributed by atoms with Gasteiger partial charge in [-0.3, -0.25) is 9.59 Å². The molecule has 0 aliphatic heterocycles. The fraction of sp³-hybridized carbons (Fsp3) is 0.455. The van der Waals surface area contributed by atoms with Gasteiger partial charge in [-0.25, -0.2) is 0 Å². The first kappa shape index (κ1) is 9.59. The number of hydrogen-bond acceptors (Lipinski definition) is 3. The Kier molecular flexibility index (Phi) is 2.27. The molecule has 0 atom stereocenters. The first-order chi connectivity index (χ1) is 6.65. The predicted molar refractivity (Wildman–Crippen MR) is 55.5 cm³/mol. The molecule has 0 N–H and O–H groups in total. The number of ketones is 2. The molecule has 2 nitrogen and oxygen atoms in total. The number of thiophene rings is 1. The van der Waals surface area contributed by atoms with Gasteiger partial charge < -0.3 is 0 Å². The number of Topliss-reactive ketones (excluding diaryl/α,β-unsaturated/α-hetero) is 2. The average Bonchev–Trinajstić information content (AvgIpc) is 2.67. The summed E-state index contributed by atoms with van der Waals surface area (Å²) in [7, 11) is 0. The maximum absolute atomic E-state index is 11.8. The van der Waals surface area contributed by atoms with Crippen molar-refractivity contribution in [2.24, 2.45) is 0 Å². The minimum atomic E-state index is -0.849. The van der Waals surface area contributed by atoms with E-state index in [0.717, 1.165) is 12.0 Å². The van der Waals surface area contributed by atoms with Gasteiger partial charge in [-0.2, -0.15) is 11.3 Å². The monoisotopic (exact) mass is 208 g/mol. The van der Waals surface area contributed by atoms with Crippen LogP contribution in [0.4, 0.5) is 0 Å². The molecule has 1 aromatic heterocycles.